The number of furan rings is 1. The van der Waals surface area contributed by atoms with Crippen molar-refractivity contribution in [3.8, 4) is 0 Å². The Bertz CT molecular complexity index is 630. The van der Waals surface area contributed by atoms with Crippen LogP contribution in [0, 0.1) is 0 Å². The van der Waals surface area contributed by atoms with Crippen molar-refractivity contribution in [1.82, 2.24) is 4.90 Å². The number of aryl methyl sites for hydroxylation is 1. The summed E-state index contributed by atoms with van der Waals surface area (Å²) in [6, 6.07) is 8.05. The number of fused-ring (bicyclic) bond motifs is 1. The van der Waals surface area contributed by atoms with Gasteiger partial charge in [-0.05, 0) is 33.3 Å². The molecule has 0 radical (unpaired) electrons. The molecule has 1 atom stereocenters. The van der Waals surface area contributed by atoms with Crippen LogP contribution >= 0.6 is 0 Å². The second-order valence-electron chi connectivity index (χ2n) is 5.63. The predicted molar refractivity (Wildman–Crippen MR) is 83.5 cm³/mol. The number of nitrogens with zero attached hydrogens (tertiary/aromatic N) is 1. The van der Waals surface area contributed by atoms with Crippen LogP contribution in [0.2, 0.25) is 0 Å². The Hall–Kier alpha value is -1.81. The maximum atomic E-state index is 11.1. The van der Waals surface area contributed by atoms with Crippen LogP contribution < -0.4 is 0 Å². The fourth-order valence-corrected chi connectivity index (χ4v) is 2.89. The third kappa shape index (κ3) is 3.10. The van der Waals surface area contributed by atoms with Crippen LogP contribution in [0.3, 0.4) is 0 Å². The highest BCUT2D eigenvalue weighted by atomic mass is 16.4. The molecular weight excluding hydrogens is 266 g/mol. The van der Waals surface area contributed by atoms with E-state index in [0.29, 0.717) is 0 Å². The van der Waals surface area contributed by atoms with E-state index in [-0.39, 0.29) is 18.6 Å². The highest BCUT2D eigenvalue weighted by Gasteiger charge is 2.26. The summed E-state index contributed by atoms with van der Waals surface area (Å²) >= 11 is 0. The molecule has 1 aromatic carbocycles. The predicted octanol–water partition coefficient (Wildman–Crippen LogP) is 3.85. The van der Waals surface area contributed by atoms with Gasteiger partial charge in [0, 0.05) is 17.0 Å². The molecule has 0 aliphatic rings. The van der Waals surface area contributed by atoms with Crippen LogP contribution in [0.5, 0.6) is 0 Å². The van der Waals surface area contributed by atoms with Gasteiger partial charge in [-0.1, -0.05) is 25.1 Å². The lowest BCUT2D eigenvalue weighted by atomic mass is 10.0. The van der Waals surface area contributed by atoms with Crippen LogP contribution in [0.15, 0.2) is 28.7 Å². The molecule has 1 aromatic heterocycles. The maximum absolute atomic E-state index is 11.1. The zero-order valence-corrected chi connectivity index (χ0v) is 13.1. The number of carboxylic acids is 1. The topological polar surface area (TPSA) is 53.7 Å². The number of benzene rings is 1. The Morgan fingerprint density at radius 3 is 2.52 bits per heavy atom. The first-order valence-electron chi connectivity index (χ1n) is 7.43. The highest BCUT2D eigenvalue weighted by Crippen LogP contribution is 2.33. The standard InChI is InChI=1S/C17H23NO3/c1-5-13-14-8-6-7-9-15(14)21-17(13)12(4)18(11(2)3)10-16(19)20/h6-9,11-12H,5,10H2,1-4H3,(H,19,20). The summed E-state index contributed by atoms with van der Waals surface area (Å²) in [5, 5.41) is 10.2. The average molecular weight is 289 g/mol. The molecule has 1 heterocycles. The van der Waals surface area contributed by atoms with Gasteiger partial charge in [-0.15, -0.1) is 0 Å². The van der Waals surface area contributed by atoms with Crippen molar-refractivity contribution in [2.24, 2.45) is 0 Å². The van der Waals surface area contributed by atoms with Gasteiger partial charge in [0.15, 0.2) is 0 Å². The van der Waals surface area contributed by atoms with E-state index in [1.165, 1.54) is 5.56 Å². The number of hydrogen-bond acceptors (Lipinski definition) is 3. The van der Waals surface area contributed by atoms with Crippen LogP contribution in [0.1, 0.15) is 45.1 Å². The van der Waals surface area contributed by atoms with Gasteiger partial charge in [0.1, 0.15) is 11.3 Å². The first-order valence-corrected chi connectivity index (χ1v) is 7.43. The molecule has 0 saturated carbocycles. The molecule has 114 valence electrons. The second-order valence-corrected chi connectivity index (χ2v) is 5.63. The van der Waals surface area contributed by atoms with Crippen molar-refractivity contribution in [3.05, 3.63) is 35.6 Å². The van der Waals surface area contributed by atoms with E-state index in [0.717, 1.165) is 23.2 Å². The van der Waals surface area contributed by atoms with Gasteiger partial charge >= 0.3 is 5.97 Å². The van der Waals surface area contributed by atoms with E-state index in [1.54, 1.807) is 0 Å². The molecule has 0 spiro atoms. The summed E-state index contributed by atoms with van der Waals surface area (Å²) in [5.41, 5.74) is 2.05. The van der Waals surface area contributed by atoms with E-state index in [4.69, 9.17) is 9.52 Å². The Morgan fingerprint density at radius 2 is 1.95 bits per heavy atom. The molecule has 0 fully saturated rings. The zero-order chi connectivity index (χ0) is 15.6. The van der Waals surface area contributed by atoms with Crippen LogP contribution in [-0.2, 0) is 11.2 Å². The largest absolute Gasteiger partial charge is 0.480 e. The van der Waals surface area contributed by atoms with Crippen molar-refractivity contribution in [2.45, 2.75) is 46.2 Å². The SMILES string of the molecule is CCc1c(C(C)N(CC(=O)O)C(C)C)oc2ccccc12. The summed E-state index contributed by atoms with van der Waals surface area (Å²) < 4.78 is 6.03. The highest BCUT2D eigenvalue weighted by molar-refractivity contribution is 5.82. The lowest BCUT2D eigenvalue weighted by Gasteiger charge is -2.30. The molecule has 1 unspecified atom stereocenters. The Kier molecular flexibility index (Phi) is 4.68. The first kappa shape index (κ1) is 15.6. The summed E-state index contributed by atoms with van der Waals surface area (Å²) in [6.07, 6.45) is 0.871. The average Bonchev–Trinajstić information content (AvgIpc) is 2.82. The van der Waals surface area contributed by atoms with Gasteiger partial charge in [0.05, 0.1) is 12.6 Å². The molecular formula is C17H23NO3. The maximum Gasteiger partial charge on any atom is 0.317 e. The lowest BCUT2D eigenvalue weighted by molar-refractivity contribution is -0.139. The molecule has 21 heavy (non-hydrogen) atoms. The van der Waals surface area contributed by atoms with E-state index < -0.39 is 5.97 Å². The fourth-order valence-electron chi connectivity index (χ4n) is 2.89. The van der Waals surface area contributed by atoms with Crippen LogP contribution in [0.4, 0.5) is 0 Å². The smallest absolute Gasteiger partial charge is 0.317 e. The molecule has 0 amide bonds. The minimum atomic E-state index is -0.815. The molecule has 2 aromatic rings. The third-order valence-corrected chi connectivity index (χ3v) is 3.94. The van der Waals surface area contributed by atoms with Gasteiger partial charge in [0.2, 0.25) is 0 Å². The molecule has 2 rings (SSSR count). The second kappa shape index (κ2) is 6.31. The van der Waals surface area contributed by atoms with Gasteiger partial charge < -0.3 is 9.52 Å². The minimum Gasteiger partial charge on any atom is -0.480 e. The Morgan fingerprint density at radius 1 is 1.29 bits per heavy atom. The van der Waals surface area contributed by atoms with E-state index in [9.17, 15) is 4.79 Å². The minimum absolute atomic E-state index is 0.0129. The molecule has 0 bridgehead atoms. The van der Waals surface area contributed by atoms with Crippen molar-refractivity contribution < 1.29 is 14.3 Å². The van der Waals surface area contributed by atoms with E-state index in [1.807, 2.05) is 43.9 Å². The third-order valence-electron chi connectivity index (χ3n) is 3.94. The lowest BCUT2D eigenvalue weighted by Crippen LogP contribution is -2.37. The van der Waals surface area contributed by atoms with Crippen LogP contribution in [0.25, 0.3) is 11.0 Å². The van der Waals surface area contributed by atoms with Gasteiger partial charge in [-0.25, -0.2) is 0 Å². The molecule has 0 saturated heterocycles. The van der Waals surface area contributed by atoms with E-state index in [2.05, 4.69) is 13.0 Å². The van der Waals surface area contributed by atoms with Gasteiger partial charge in [-0.2, -0.15) is 0 Å². The molecule has 4 nitrogen and oxygen atoms in total. The Balaban J connectivity index is 2.45. The number of hydrogen-bond donors (Lipinski definition) is 1. The summed E-state index contributed by atoms with van der Waals surface area (Å²) in [4.78, 5) is 13.0. The molecule has 4 heteroatoms. The first-order chi connectivity index (χ1) is 9.95. The van der Waals surface area contributed by atoms with Gasteiger partial charge in [-0.3, -0.25) is 9.69 Å². The zero-order valence-electron chi connectivity index (χ0n) is 13.1. The van der Waals surface area contributed by atoms with Crippen molar-refractivity contribution >= 4 is 16.9 Å². The van der Waals surface area contributed by atoms with Crippen molar-refractivity contribution in [2.75, 3.05) is 6.54 Å². The van der Waals surface area contributed by atoms with Gasteiger partial charge in [0.25, 0.3) is 0 Å². The number of carboxylic acid groups (broad SMARTS) is 1. The number of para-hydroxylation sites is 1. The molecule has 1 N–H and O–H groups in total. The number of carbonyl (C=O) groups is 1. The van der Waals surface area contributed by atoms with E-state index >= 15 is 0 Å². The summed E-state index contributed by atoms with van der Waals surface area (Å²) in [5.74, 6) is 0.0679. The van der Waals surface area contributed by atoms with Crippen molar-refractivity contribution in [3.63, 3.8) is 0 Å². The van der Waals surface area contributed by atoms with Crippen LogP contribution in [-0.4, -0.2) is 28.6 Å². The number of rotatable bonds is 6. The van der Waals surface area contributed by atoms with Crippen molar-refractivity contribution in [1.29, 1.82) is 0 Å². The quantitative estimate of drug-likeness (QED) is 0.877. The molecule has 0 aliphatic heterocycles. The number of aliphatic carboxylic acids is 1. The summed E-state index contributed by atoms with van der Waals surface area (Å²) in [7, 11) is 0. The monoisotopic (exact) mass is 289 g/mol. The fraction of sp³-hybridized carbons (Fsp3) is 0.471. The molecule has 0 aliphatic carbocycles. The summed E-state index contributed by atoms with van der Waals surface area (Å²) in [6.45, 7) is 8.14. The Labute approximate surface area is 125 Å². The normalized spacial score (nSPS) is 13.2.